The normalized spacial score (nSPS) is 10.6. The summed E-state index contributed by atoms with van der Waals surface area (Å²) in [6.07, 6.45) is 1.25. The number of hydrogen-bond donors (Lipinski definition) is 2. The zero-order valence-electron chi connectivity index (χ0n) is 8.77. The third kappa shape index (κ3) is 3.42. The number of carboxylic acids is 1. The predicted octanol–water partition coefficient (Wildman–Crippen LogP) is 3.09. The maximum atomic E-state index is 10.6. The number of carboxylic acid groups (broad SMARTS) is 1. The van der Waals surface area contributed by atoms with Crippen LogP contribution >= 0.6 is 27.3 Å². The van der Waals surface area contributed by atoms with Crippen LogP contribution in [0.1, 0.15) is 21.0 Å². The van der Waals surface area contributed by atoms with E-state index in [0.29, 0.717) is 12.3 Å². The second kappa shape index (κ2) is 5.48. The van der Waals surface area contributed by atoms with Crippen LogP contribution in [0.5, 0.6) is 0 Å². The summed E-state index contributed by atoms with van der Waals surface area (Å²) in [7, 11) is 0. The van der Waals surface area contributed by atoms with Crippen LogP contribution in [0, 0.1) is 0 Å². The largest absolute Gasteiger partial charge is 0.478 e. The number of carbonyl (C=O) groups is 1. The minimum atomic E-state index is -0.970. The van der Waals surface area contributed by atoms with Crippen LogP contribution in [-0.2, 0) is 13.1 Å². The van der Waals surface area contributed by atoms with Crippen LogP contribution in [0.15, 0.2) is 32.7 Å². The molecule has 90 valence electrons. The summed E-state index contributed by atoms with van der Waals surface area (Å²) in [4.78, 5) is 11.8. The maximum absolute atomic E-state index is 10.6. The van der Waals surface area contributed by atoms with Crippen LogP contribution in [-0.4, -0.2) is 11.1 Å². The number of rotatable bonds is 5. The van der Waals surface area contributed by atoms with Crippen LogP contribution in [0.25, 0.3) is 0 Å². The van der Waals surface area contributed by atoms with Gasteiger partial charge in [0, 0.05) is 11.4 Å². The van der Waals surface area contributed by atoms with E-state index >= 15 is 0 Å². The monoisotopic (exact) mass is 315 g/mol. The molecule has 0 radical (unpaired) electrons. The van der Waals surface area contributed by atoms with E-state index in [0.717, 1.165) is 10.3 Å². The molecule has 0 unspecified atom stereocenters. The van der Waals surface area contributed by atoms with Gasteiger partial charge in [-0.25, -0.2) is 4.79 Å². The molecule has 0 amide bonds. The van der Waals surface area contributed by atoms with E-state index in [1.54, 1.807) is 11.3 Å². The summed E-state index contributed by atoms with van der Waals surface area (Å²) in [6.45, 7) is 1.25. The summed E-state index contributed by atoms with van der Waals surface area (Å²) in [5.74, 6) is -0.347. The summed E-state index contributed by atoms with van der Waals surface area (Å²) >= 11 is 5.06. The van der Waals surface area contributed by atoms with E-state index in [9.17, 15) is 4.79 Å². The first-order valence-corrected chi connectivity index (χ1v) is 6.52. The van der Waals surface area contributed by atoms with Gasteiger partial charge >= 0.3 is 5.97 Å². The van der Waals surface area contributed by atoms with Crippen molar-refractivity contribution >= 4 is 33.2 Å². The van der Waals surface area contributed by atoms with Gasteiger partial charge in [0.25, 0.3) is 0 Å². The molecule has 2 aromatic rings. The predicted molar refractivity (Wildman–Crippen MR) is 68.2 cm³/mol. The molecule has 0 aliphatic rings. The summed E-state index contributed by atoms with van der Waals surface area (Å²) in [5, 5.41) is 11.9. The minimum Gasteiger partial charge on any atom is -0.478 e. The van der Waals surface area contributed by atoms with E-state index in [4.69, 9.17) is 9.52 Å². The molecule has 0 saturated heterocycles. The molecule has 4 nitrogen and oxygen atoms in total. The van der Waals surface area contributed by atoms with Gasteiger partial charge in [0.2, 0.25) is 0 Å². The minimum absolute atomic E-state index is 0.181. The Morgan fingerprint density at radius 2 is 2.29 bits per heavy atom. The van der Waals surface area contributed by atoms with E-state index in [1.807, 2.05) is 12.1 Å². The van der Waals surface area contributed by atoms with E-state index in [-0.39, 0.29) is 5.56 Å². The first-order chi connectivity index (χ1) is 8.15. The van der Waals surface area contributed by atoms with Crippen molar-refractivity contribution < 1.29 is 14.3 Å². The molecule has 2 heterocycles. The van der Waals surface area contributed by atoms with Crippen molar-refractivity contribution in [1.29, 1.82) is 0 Å². The van der Waals surface area contributed by atoms with Gasteiger partial charge in [0.05, 0.1) is 15.9 Å². The number of furan rings is 1. The topological polar surface area (TPSA) is 62.5 Å². The number of thiophene rings is 1. The molecule has 0 aliphatic heterocycles. The summed E-state index contributed by atoms with van der Waals surface area (Å²) < 4.78 is 6.22. The highest BCUT2D eigenvalue weighted by Gasteiger charge is 2.07. The second-order valence-corrected chi connectivity index (χ2v) is 5.96. The number of aromatic carboxylic acids is 1. The van der Waals surface area contributed by atoms with E-state index in [2.05, 4.69) is 21.2 Å². The van der Waals surface area contributed by atoms with Crippen molar-refractivity contribution in [2.45, 2.75) is 13.1 Å². The fourth-order valence-corrected chi connectivity index (χ4v) is 2.79. The molecular weight excluding hydrogens is 306 g/mol. The molecule has 2 rings (SSSR count). The van der Waals surface area contributed by atoms with Crippen molar-refractivity contribution in [2.24, 2.45) is 0 Å². The van der Waals surface area contributed by atoms with Crippen molar-refractivity contribution in [3.05, 3.63) is 44.4 Å². The highest BCUT2D eigenvalue weighted by molar-refractivity contribution is 9.11. The van der Waals surface area contributed by atoms with E-state index in [1.165, 1.54) is 17.2 Å². The Morgan fingerprint density at radius 1 is 1.47 bits per heavy atom. The Hall–Kier alpha value is -1.11. The Kier molecular flexibility index (Phi) is 3.98. The molecule has 0 aliphatic carbocycles. The smallest absolute Gasteiger partial charge is 0.338 e. The van der Waals surface area contributed by atoms with Crippen LogP contribution in [0.2, 0.25) is 0 Å². The highest BCUT2D eigenvalue weighted by atomic mass is 79.9. The van der Waals surface area contributed by atoms with Crippen LogP contribution in [0.3, 0.4) is 0 Å². The number of halogens is 1. The Morgan fingerprint density at radius 3 is 2.88 bits per heavy atom. The lowest BCUT2D eigenvalue weighted by atomic mass is 10.3. The average Bonchev–Trinajstić information content (AvgIpc) is 2.88. The molecule has 0 bridgehead atoms. The molecule has 0 aromatic carbocycles. The SMILES string of the molecule is O=C(O)c1coc(CNCc2ccc(Br)s2)c1. The van der Waals surface area contributed by atoms with Crippen LogP contribution < -0.4 is 5.32 Å². The molecule has 6 heteroatoms. The quantitative estimate of drug-likeness (QED) is 0.890. The van der Waals surface area contributed by atoms with Gasteiger partial charge in [0.1, 0.15) is 12.0 Å². The van der Waals surface area contributed by atoms with Gasteiger partial charge in [0.15, 0.2) is 0 Å². The van der Waals surface area contributed by atoms with Crippen molar-refractivity contribution in [2.75, 3.05) is 0 Å². The molecule has 2 N–H and O–H groups in total. The fourth-order valence-electron chi connectivity index (χ4n) is 1.34. The second-order valence-electron chi connectivity index (χ2n) is 3.42. The number of hydrogen-bond acceptors (Lipinski definition) is 4. The first-order valence-electron chi connectivity index (χ1n) is 4.91. The lowest BCUT2D eigenvalue weighted by molar-refractivity contribution is 0.0696. The van der Waals surface area contributed by atoms with Gasteiger partial charge in [-0.15, -0.1) is 11.3 Å². The zero-order valence-corrected chi connectivity index (χ0v) is 11.2. The lowest BCUT2D eigenvalue weighted by Gasteiger charge is -1.99. The van der Waals surface area contributed by atoms with Gasteiger partial charge in [-0.05, 0) is 34.1 Å². The van der Waals surface area contributed by atoms with Crippen LogP contribution in [0.4, 0.5) is 0 Å². The average molecular weight is 316 g/mol. The van der Waals surface area contributed by atoms with Gasteiger partial charge in [-0.1, -0.05) is 0 Å². The third-order valence-electron chi connectivity index (χ3n) is 2.13. The zero-order chi connectivity index (χ0) is 12.3. The molecule has 17 heavy (non-hydrogen) atoms. The van der Waals surface area contributed by atoms with Gasteiger partial charge in [-0.2, -0.15) is 0 Å². The van der Waals surface area contributed by atoms with Crippen molar-refractivity contribution in [3.8, 4) is 0 Å². The van der Waals surface area contributed by atoms with Gasteiger partial charge in [-0.3, -0.25) is 0 Å². The molecular formula is C11H10BrNO3S. The maximum Gasteiger partial charge on any atom is 0.338 e. The van der Waals surface area contributed by atoms with Gasteiger partial charge < -0.3 is 14.8 Å². The molecule has 0 fully saturated rings. The summed E-state index contributed by atoms with van der Waals surface area (Å²) in [5.41, 5.74) is 0.181. The van der Waals surface area contributed by atoms with E-state index < -0.39 is 5.97 Å². The number of nitrogens with one attached hydrogen (secondary N) is 1. The van der Waals surface area contributed by atoms with Crippen molar-refractivity contribution in [1.82, 2.24) is 5.32 Å². The molecule has 0 spiro atoms. The molecule has 0 saturated carbocycles. The lowest BCUT2D eigenvalue weighted by Crippen LogP contribution is -2.11. The standard InChI is InChI=1S/C11H10BrNO3S/c12-10-2-1-9(17-10)5-13-4-8-3-7(6-16-8)11(14)15/h1-3,6,13H,4-5H2,(H,14,15). The van der Waals surface area contributed by atoms with Crippen molar-refractivity contribution in [3.63, 3.8) is 0 Å². The Labute approximate surface area is 110 Å². The Bertz CT molecular complexity index is 520. The highest BCUT2D eigenvalue weighted by Crippen LogP contribution is 2.21. The molecule has 2 aromatic heterocycles. The summed E-state index contributed by atoms with van der Waals surface area (Å²) in [6, 6.07) is 5.56. The Balaban J connectivity index is 1.83. The first kappa shape index (κ1) is 12.3. The molecule has 0 atom stereocenters. The third-order valence-corrected chi connectivity index (χ3v) is 3.75. The fraction of sp³-hybridized carbons (Fsp3) is 0.182.